The average Bonchev–Trinajstić information content (AvgIpc) is 3.00. The van der Waals surface area contributed by atoms with Crippen molar-refractivity contribution in [1.82, 2.24) is 15.4 Å². The van der Waals surface area contributed by atoms with Crippen molar-refractivity contribution < 1.29 is 4.52 Å². The normalized spacial score (nSPS) is 19.5. The molecule has 1 fully saturated rings. The highest BCUT2D eigenvalue weighted by molar-refractivity contribution is 5.20. The molecular weight excluding hydrogens is 238 g/mol. The minimum Gasteiger partial charge on any atom is -0.361 e. The molecule has 1 aliphatic rings. The van der Waals surface area contributed by atoms with E-state index in [1.165, 1.54) is 44.3 Å². The van der Waals surface area contributed by atoms with E-state index >= 15 is 0 Å². The lowest BCUT2D eigenvalue weighted by atomic mass is 10.1. The highest BCUT2D eigenvalue weighted by atomic mass is 16.5. The molecule has 1 N–H and O–H groups in total. The molecule has 0 saturated carbocycles. The van der Waals surface area contributed by atoms with Gasteiger partial charge in [-0.05, 0) is 46.2 Å². The third-order valence-electron chi connectivity index (χ3n) is 4.03. The van der Waals surface area contributed by atoms with Crippen LogP contribution in [-0.4, -0.2) is 35.7 Å². The largest absolute Gasteiger partial charge is 0.361 e. The summed E-state index contributed by atoms with van der Waals surface area (Å²) in [5.74, 6) is 0.971. The van der Waals surface area contributed by atoms with Crippen LogP contribution in [-0.2, 0) is 6.54 Å². The Morgan fingerprint density at radius 2 is 2.26 bits per heavy atom. The maximum atomic E-state index is 5.28. The molecule has 0 radical (unpaired) electrons. The van der Waals surface area contributed by atoms with E-state index in [-0.39, 0.29) is 0 Å². The summed E-state index contributed by atoms with van der Waals surface area (Å²) in [7, 11) is 0. The Morgan fingerprint density at radius 3 is 2.84 bits per heavy atom. The van der Waals surface area contributed by atoms with E-state index in [1.807, 2.05) is 13.8 Å². The van der Waals surface area contributed by atoms with Gasteiger partial charge in [0.15, 0.2) is 0 Å². The number of aromatic nitrogens is 1. The maximum Gasteiger partial charge on any atom is 0.138 e. The molecule has 108 valence electrons. The molecule has 1 aliphatic heterocycles. The van der Waals surface area contributed by atoms with Gasteiger partial charge in [-0.25, -0.2) is 0 Å². The highest BCUT2D eigenvalue weighted by Crippen LogP contribution is 2.17. The van der Waals surface area contributed by atoms with E-state index in [1.54, 1.807) is 0 Å². The summed E-state index contributed by atoms with van der Waals surface area (Å²) in [5, 5.41) is 7.66. The number of unbranched alkanes of at least 4 members (excludes halogenated alkanes) is 1. The molecule has 1 saturated heterocycles. The molecule has 4 nitrogen and oxygen atoms in total. The molecule has 2 rings (SSSR count). The van der Waals surface area contributed by atoms with E-state index in [0.717, 1.165) is 24.5 Å². The first-order chi connectivity index (χ1) is 9.20. The fourth-order valence-corrected chi connectivity index (χ4v) is 2.79. The van der Waals surface area contributed by atoms with Crippen LogP contribution in [0.1, 0.15) is 49.6 Å². The molecule has 0 bridgehead atoms. The Morgan fingerprint density at radius 1 is 1.42 bits per heavy atom. The second kappa shape index (κ2) is 7.06. The van der Waals surface area contributed by atoms with Crippen LogP contribution in [0.2, 0.25) is 0 Å². The topological polar surface area (TPSA) is 41.3 Å². The van der Waals surface area contributed by atoms with E-state index < -0.39 is 0 Å². The summed E-state index contributed by atoms with van der Waals surface area (Å²) < 4.78 is 5.28. The Labute approximate surface area is 116 Å². The van der Waals surface area contributed by atoms with Crippen LogP contribution in [0.15, 0.2) is 4.52 Å². The van der Waals surface area contributed by atoms with Crippen LogP contribution in [0.5, 0.6) is 0 Å². The van der Waals surface area contributed by atoms with Crippen molar-refractivity contribution in [2.45, 2.75) is 59.0 Å². The summed E-state index contributed by atoms with van der Waals surface area (Å²) >= 11 is 0. The van der Waals surface area contributed by atoms with Gasteiger partial charge in [-0.2, -0.15) is 0 Å². The van der Waals surface area contributed by atoms with Gasteiger partial charge in [-0.15, -0.1) is 0 Å². The zero-order valence-electron chi connectivity index (χ0n) is 12.5. The van der Waals surface area contributed by atoms with E-state index in [9.17, 15) is 0 Å². The second-order valence-corrected chi connectivity index (χ2v) is 5.68. The molecule has 1 unspecified atom stereocenters. The van der Waals surface area contributed by atoms with Gasteiger partial charge in [0.25, 0.3) is 0 Å². The summed E-state index contributed by atoms with van der Waals surface area (Å²) in [4.78, 5) is 2.55. The quantitative estimate of drug-likeness (QED) is 0.823. The minimum atomic E-state index is 0.664. The Bertz CT molecular complexity index is 363. The Kier molecular flexibility index (Phi) is 5.40. The van der Waals surface area contributed by atoms with E-state index in [4.69, 9.17) is 4.52 Å². The molecule has 0 amide bonds. The molecule has 1 atom stereocenters. The molecular formula is C15H27N3O. The molecule has 0 aliphatic carbocycles. The predicted molar refractivity (Wildman–Crippen MR) is 77.2 cm³/mol. The smallest absolute Gasteiger partial charge is 0.138 e. The van der Waals surface area contributed by atoms with Crippen LogP contribution in [0.4, 0.5) is 0 Å². The molecule has 4 heteroatoms. The van der Waals surface area contributed by atoms with Crippen LogP contribution in [0.3, 0.4) is 0 Å². The van der Waals surface area contributed by atoms with Crippen LogP contribution >= 0.6 is 0 Å². The molecule has 0 aromatic carbocycles. The number of aryl methyl sites for hydroxylation is 2. The Balaban J connectivity index is 1.96. The highest BCUT2D eigenvalue weighted by Gasteiger charge is 2.20. The van der Waals surface area contributed by atoms with Crippen molar-refractivity contribution in [3.05, 3.63) is 17.0 Å². The summed E-state index contributed by atoms with van der Waals surface area (Å²) in [5.41, 5.74) is 2.31. The van der Waals surface area contributed by atoms with Gasteiger partial charge in [0.1, 0.15) is 5.76 Å². The van der Waals surface area contributed by atoms with Crippen LogP contribution in [0.25, 0.3) is 0 Å². The second-order valence-electron chi connectivity index (χ2n) is 5.68. The van der Waals surface area contributed by atoms with Crippen molar-refractivity contribution in [2.75, 3.05) is 19.6 Å². The number of hydrogen-bond acceptors (Lipinski definition) is 4. The van der Waals surface area contributed by atoms with Crippen LogP contribution in [0, 0.1) is 13.8 Å². The van der Waals surface area contributed by atoms with E-state index in [0.29, 0.717) is 6.04 Å². The maximum absolute atomic E-state index is 5.28. The first-order valence-corrected chi connectivity index (χ1v) is 7.58. The van der Waals surface area contributed by atoms with Gasteiger partial charge in [0.05, 0.1) is 5.69 Å². The number of nitrogens with one attached hydrogen (secondary N) is 1. The molecule has 1 aromatic heterocycles. The standard InChI is InChI=1S/C15H27N3O/c1-4-5-9-18(10-14-7-6-8-16-14)11-15-12(2)17-19-13(15)3/h14,16H,4-11H2,1-3H3. The van der Waals surface area contributed by atoms with Gasteiger partial charge in [0, 0.05) is 24.7 Å². The predicted octanol–water partition coefficient (Wildman–Crippen LogP) is 2.65. The lowest BCUT2D eigenvalue weighted by molar-refractivity contribution is 0.236. The summed E-state index contributed by atoms with van der Waals surface area (Å²) in [6.45, 7) is 10.8. The van der Waals surface area contributed by atoms with Gasteiger partial charge in [-0.3, -0.25) is 4.90 Å². The van der Waals surface area contributed by atoms with Crippen molar-refractivity contribution in [2.24, 2.45) is 0 Å². The summed E-state index contributed by atoms with van der Waals surface area (Å²) in [6.07, 6.45) is 5.13. The van der Waals surface area contributed by atoms with Crippen molar-refractivity contribution in [3.63, 3.8) is 0 Å². The van der Waals surface area contributed by atoms with Gasteiger partial charge < -0.3 is 9.84 Å². The molecule has 0 spiro atoms. The monoisotopic (exact) mass is 265 g/mol. The van der Waals surface area contributed by atoms with E-state index in [2.05, 4.69) is 22.3 Å². The Hall–Kier alpha value is -0.870. The van der Waals surface area contributed by atoms with Gasteiger partial charge in [-0.1, -0.05) is 18.5 Å². The molecule has 19 heavy (non-hydrogen) atoms. The van der Waals surface area contributed by atoms with Crippen LogP contribution < -0.4 is 5.32 Å². The lowest BCUT2D eigenvalue weighted by Gasteiger charge is -2.25. The lowest BCUT2D eigenvalue weighted by Crippen LogP contribution is -2.37. The first-order valence-electron chi connectivity index (χ1n) is 7.58. The zero-order valence-corrected chi connectivity index (χ0v) is 12.5. The van der Waals surface area contributed by atoms with Crippen molar-refractivity contribution in [1.29, 1.82) is 0 Å². The van der Waals surface area contributed by atoms with Gasteiger partial charge >= 0.3 is 0 Å². The number of nitrogens with zero attached hydrogens (tertiary/aromatic N) is 2. The fraction of sp³-hybridized carbons (Fsp3) is 0.800. The third kappa shape index (κ3) is 4.05. The first kappa shape index (κ1) is 14.5. The molecule has 1 aromatic rings. The van der Waals surface area contributed by atoms with Crippen molar-refractivity contribution in [3.8, 4) is 0 Å². The fourth-order valence-electron chi connectivity index (χ4n) is 2.79. The number of hydrogen-bond donors (Lipinski definition) is 1. The third-order valence-corrected chi connectivity index (χ3v) is 4.03. The molecule has 2 heterocycles. The SMILES string of the molecule is CCCCN(Cc1c(C)noc1C)CC1CCCN1. The van der Waals surface area contributed by atoms with Crippen molar-refractivity contribution >= 4 is 0 Å². The average molecular weight is 265 g/mol. The number of rotatable bonds is 7. The zero-order chi connectivity index (χ0) is 13.7. The minimum absolute atomic E-state index is 0.664. The summed E-state index contributed by atoms with van der Waals surface area (Å²) in [6, 6.07) is 0.664. The van der Waals surface area contributed by atoms with Gasteiger partial charge in [0.2, 0.25) is 0 Å².